The number of carbonyl (C=O) groups is 1. The maximum absolute atomic E-state index is 12.2. The van der Waals surface area contributed by atoms with Crippen LogP contribution in [-0.2, 0) is 0 Å². The average Bonchev–Trinajstić information content (AvgIpc) is 3.13. The summed E-state index contributed by atoms with van der Waals surface area (Å²) in [7, 11) is 0. The summed E-state index contributed by atoms with van der Waals surface area (Å²) in [6, 6.07) is 17.8. The fraction of sp³-hybridized carbons (Fsp3) is 0.190. The van der Waals surface area contributed by atoms with Crippen LogP contribution >= 0.6 is 0 Å². The van der Waals surface area contributed by atoms with Crippen molar-refractivity contribution in [2.24, 2.45) is 5.10 Å². The molecule has 0 saturated carbocycles. The van der Waals surface area contributed by atoms with E-state index in [0.717, 1.165) is 16.8 Å². The van der Waals surface area contributed by atoms with Gasteiger partial charge in [0.05, 0.1) is 11.9 Å². The molecule has 26 heavy (non-hydrogen) atoms. The van der Waals surface area contributed by atoms with E-state index in [1.807, 2.05) is 43.3 Å². The van der Waals surface area contributed by atoms with E-state index < -0.39 is 0 Å². The number of hydrazone groups is 1. The molecule has 0 radical (unpaired) electrons. The van der Waals surface area contributed by atoms with E-state index in [2.05, 4.69) is 46.7 Å². The number of rotatable bonds is 5. The van der Waals surface area contributed by atoms with Crippen LogP contribution in [0.15, 0.2) is 59.7 Å². The molecule has 0 spiro atoms. The van der Waals surface area contributed by atoms with E-state index in [1.54, 1.807) is 12.3 Å². The highest BCUT2D eigenvalue weighted by Crippen LogP contribution is 2.18. The summed E-state index contributed by atoms with van der Waals surface area (Å²) in [6.45, 7) is 6.33. The van der Waals surface area contributed by atoms with Gasteiger partial charge in [-0.1, -0.05) is 67.9 Å². The molecule has 0 saturated heterocycles. The van der Waals surface area contributed by atoms with Crippen molar-refractivity contribution in [3.05, 3.63) is 77.0 Å². The Hall–Kier alpha value is -3.21. The minimum absolute atomic E-state index is 0.328. The zero-order chi connectivity index (χ0) is 18.5. The van der Waals surface area contributed by atoms with Crippen molar-refractivity contribution in [2.75, 3.05) is 0 Å². The second kappa shape index (κ2) is 7.78. The molecule has 5 nitrogen and oxygen atoms in total. The molecule has 0 aliphatic rings. The Bertz CT molecular complexity index is 906. The third-order valence-corrected chi connectivity index (χ3v) is 4.15. The highest BCUT2D eigenvalue weighted by molar-refractivity contribution is 5.94. The van der Waals surface area contributed by atoms with Crippen molar-refractivity contribution in [1.29, 1.82) is 0 Å². The fourth-order valence-electron chi connectivity index (χ4n) is 2.50. The van der Waals surface area contributed by atoms with Crippen LogP contribution < -0.4 is 5.43 Å². The van der Waals surface area contributed by atoms with Gasteiger partial charge in [-0.15, -0.1) is 0 Å². The summed E-state index contributed by atoms with van der Waals surface area (Å²) < 4.78 is 0. The van der Waals surface area contributed by atoms with Gasteiger partial charge in [-0.2, -0.15) is 10.2 Å². The summed E-state index contributed by atoms with van der Waals surface area (Å²) in [6.07, 6.45) is 1.62. The van der Waals surface area contributed by atoms with E-state index in [-0.39, 0.29) is 5.91 Å². The molecule has 0 bridgehead atoms. The first-order chi connectivity index (χ1) is 12.5. The number of aryl methyl sites for hydroxylation is 1. The van der Waals surface area contributed by atoms with E-state index in [1.165, 1.54) is 11.1 Å². The Morgan fingerprint density at radius 1 is 1.12 bits per heavy atom. The summed E-state index contributed by atoms with van der Waals surface area (Å²) in [4.78, 5) is 12.2. The lowest BCUT2D eigenvalue weighted by molar-refractivity contribution is 0.0950. The molecule has 5 heteroatoms. The molecule has 0 unspecified atom stereocenters. The maximum atomic E-state index is 12.2. The molecule has 0 aliphatic heterocycles. The second-order valence-electron chi connectivity index (χ2n) is 6.55. The van der Waals surface area contributed by atoms with Crippen molar-refractivity contribution in [3.63, 3.8) is 0 Å². The second-order valence-corrected chi connectivity index (χ2v) is 6.55. The number of hydrogen-bond acceptors (Lipinski definition) is 3. The predicted octanol–water partition coefficient (Wildman–Crippen LogP) is 4.27. The number of hydrogen-bond donors (Lipinski definition) is 2. The Morgan fingerprint density at radius 2 is 1.81 bits per heavy atom. The van der Waals surface area contributed by atoms with Gasteiger partial charge < -0.3 is 0 Å². The minimum atomic E-state index is -0.328. The van der Waals surface area contributed by atoms with Gasteiger partial charge in [-0.05, 0) is 30.0 Å². The number of benzene rings is 2. The molecule has 1 heterocycles. The Labute approximate surface area is 153 Å². The maximum Gasteiger partial charge on any atom is 0.289 e. The lowest BCUT2D eigenvalue weighted by Gasteiger charge is -2.04. The summed E-state index contributed by atoms with van der Waals surface area (Å²) in [5.74, 6) is 0.162. The quantitative estimate of drug-likeness (QED) is 0.535. The highest BCUT2D eigenvalue weighted by Gasteiger charge is 2.10. The number of amides is 1. The molecule has 0 aliphatic carbocycles. The number of carbonyl (C=O) groups excluding carboxylic acids is 1. The summed E-state index contributed by atoms with van der Waals surface area (Å²) in [5.41, 5.74) is 7.95. The number of aromatic amines is 1. The summed E-state index contributed by atoms with van der Waals surface area (Å²) >= 11 is 0. The molecule has 3 rings (SSSR count). The van der Waals surface area contributed by atoms with Crippen LogP contribution in [0.3, 0.4) is 0 Å². The van der Waals surface area contributed by atoms with E-state index in [9.17, 15) is 4.79 Å². The zero-order valence-electron chi connectivity index (χ0n) is 15.2. The van der Waals surface area contributed by atoms with E-state index in [4.69, 9.17) is 0 Å². The third kappa shape index (κ3) is 4.25. The van der Waals surface area contributed by atoms with E-state index in [0.29, 0.717) is 11.6 Å². The molecule has 0 atom stereocenters. The topological polar surface area (TPSA) is 70.1 Å². The first kappa shape index (κ1) is 17.6. The van der Waals surface area contributed by atoms with Crippen LogP contribution in [0.2, 0.25) is 0 Å². The van der Waals surface area contributed by atoms with E-state index >= 15 is 0 Å². The monoisotopic (exact) mass is 346 g/mol. The first-order valence-corrected chi connectivity index (χ1v) is 8.59. The number of aromatic nitrogens is 2. The van der Waals surface area contributed by atoms with Crippen LogP contribution in [0, 0.1) is 6.92 Å². The van der Waals surface area contributed by atoms with Gasteiger partial charge in [0, 0.05) is 5.56 Å². The summed E-state index contributed by atoms with van der Waals surface area (Å²) in [5, 5.41) is 11.0. The van der Waals surface area contributed by atoms with Gasteiger partial charge in [0.25, 0.3) is 5.91 Å². The largest absolute Gasteiger partial charge is 0.289 e. The first-order valence-electron chi connectivity index (χ1n) is 8.59. The van der Waals surface area contributed by atoms with Crippen LogP contribution in [0.25, 0.3) is 11.3 Å². The molecule has 2 aromatic carbocycles. The fourth-order valence-corrected chi connectivity index (χ4v) is 2.50. The highest BCUT2D eigenvalue weighted by atomic mass is 16.2. The SMILES string of the molecule is Cc1ccc(-c2cc(C(=O)N/N=C/c3ccc(C(C)C)cc3)[nH]n2)cc1. The van der Waals surface area contributed by atoms with Crippen molar-refractivity contribution in [2.45, 2.75) is 26.7 Å². The Morgan fingerprint density at radius 3 is 2.46 bits per heavy atom. The molecule has 0 fully saturated rings. The molecular weight excluding hydrogens is 324 g/mol. The molecule has 1 aromatic heterocycles. The van der Waals surface area contributed by atoms with Gasteiger partial charge in [-0.3, -0.25) is 9.89 Å². The van der Waals surface area contributed by atoms with Crippen LogP contribution in [0.4, 0.5) is 0 Å². The molecule has 2 N–H and O–H groups in total. The molecule has 3 aromatic rings. The van der Waals surface area contributed by atoms with Gasteiger partial charge >= 0.3 is 0 Å². The predicted molar refractivity (Wildman–Crippen MR) is 104 cm³/mol. The standard InChI is InChI=1S/C21H22N4O/c1-14(2)17-10-6-16(7-11-17)13-22-25-21(26)20-12-19(23-24-20)18-8-4-15(3)5-9-18/h4-14H,1-3H3,(H,23,24)(H,25,26)/b22-13+. The zero-order valence-corrected chi connectivity index (χ0v) is 15.2. The smallest absolute Gasteiger partial charge is 0.272 e. The molecule has 1 amide bonds. The minimum Gasteiger partial charge on any atom is -0.272 e. The number of nitrogens with one attached hydrogen (secondary N) is 2. The molecular formula is C21H22N4O. The lowest BCUT2D eigenvalue weighted by atomic mass is 10.0. The number of H-pyrrole nitrogens is 1. The van der Waals surface area contributed by atoms with Crippen molar-refractivity contribution >= 4 is 12.1 Å². The Balaban J connectivity index is 1.62. The van der Waals surface area contributed by atoms with Crippen LogP contribution in [0.5, 0.6) is 0 Å². The normalized spacial score (nSPS) is 11.2. The van der Waals surface area contributed by atoms with Crippen molar-refractivity contribution in [1.82, 2.24) is 15.6 Å². The van der Waals surface area contributed by atoms with Gasteiger partial charge in [0.2, 0.25) is 0 Å². The van der Waals surface area contributed by atoms with Gasteiger partial charge in [0.15, 0.2) is 0 Å². The lowest BCUT2D eigenvalue weighted by Crippen LogP contribution is -2.18. The molecule has 132 valence electrons. The van der Waals surface area contributed by atoms with Gasteiger partial charge in [-0.25, -0.2) is 5.43 Å². The van der Waals surface area contributed by atoms with Crippen LogP contribution in [-0.4, -0.2) is 22.3 Å². The van der Waals surface area contributed by atoms with Crippen molar-refractivity contribution < 1.29 is 4.79 Å². The average molecular weight is 346 g/mol. The number of nitrogens with zero attached hydrogens (tertiary/aromatic N) is 2. The van der Waals surface area contributed by atoms with Crippen molar-refractivity contribution in [3.8, 4) is 11.3 Å². The third-order valence-electron chi connectivity index (χ3n) is 4.15. The van der Waals surface area contributed by atoms with Gasteiger partial charge in [0.1, 0.15) is 5.69 Å². The van der Waals surface area contributed by atoms with Crippen LogP contribution in [0.1, 0.15) is 46.9 Å². The Kier molecular flexibility index (Phi) is 5.27.